The Bertz CT molecular complexity index is 580. The van der Waals surface area contributed by atoms with Gasteiger partial charge < -0.3 is 15.4 Å². The summed E-state index contributed by atoms with van der Waals surface area (Å²) in [4.78, 5) is 14.9. The molecule has 1 aromatic carbocycles. The van der Waals surface area contributed by atoms with Crippen LogP contribution in [0.4, 0.5) is 5.69 Å². The number of hydrogen-bond donors (Lipinski definition) is 2. The highest BCUT2D eigenvalue weighted by atomic mass is 16.6. The highest BCUT2D eigenvalue weighted by Crippen LogP contribution is 2.13. The van der Waals surface area contributed by atoms with E-state index in [1.807, 2.05) is 0 Å². The van der Waals surface area contributed by atoms with Crippen LogP contribution in [0.1, 0.15) is 39.2 Å². The molecule has 1 fully saturated rings. The molecule has 1 saturated heterocycles. The topological polar surface area (TPSA) is 88.8 Å². The van der Waals surface area contributed by atoms with Crippen LogP contribution in [-0.2, 0) is 11.3 Å². The van der Waals surface area contributed by atoms with Crippen molar-refractivity contribution in [3.05, 3.63) is 39.9 Å². The molecule has 2 atom stereocenters. The summed E-state index contributed by atoms with van der Waals surface area (Å²) < 4.78 is 5.65. The lowest BCUT2D eigenvalue weighted by atomic mass is 10.1. The van der Waals surface area contributed by atoms with Crippen molar-refractivity contribution in [1.82, 2.24) is 10.6 Å². The van der Waals surface area contributed by atoms with Gasteiger partial charge in [0.1, 0.15) is 0 Å². The average Bonchev–Trinajstić information content (AvgIpc) is 3.10. The Morgan fingerprint density at radius 2 is 2.08 bits per heavy atom. The van der Waals surface area contributed by atoms with E-state index in [0.717, 1.165) is 37.5 Å². The molecular weight excluding hydrogens is 320 g/mol. The minimum atomic E-state index is -0.395. The van der Waals surface area contributed by atoms with E-state index < -0.39 is 4.92 Å². The smallest absolute Gasteiger partial charge is 0.269 e. The van der Waals surface area contributed by atoms with Gasteiger partial charge >= 0.3 is 0 Å². The first-order valence-corrected chi connectivity index (χ1v) is 8.85. The van der Waals surface area contributed by atoms with Crippen LogP contribution < -0.4 is 10.6 Å². The Morgan fingerprint density at radius 3 is 2.64 bits per heavy atom. The van der Waals surface area contributed by atoms with Gasteiger partial charge in [-0.15, -0.1) is 0 Å². The zero-order chi connectivity index (χ0) is 18.2. The van der Waals surface area contributed by atoms with E-state index in [2.05, 4.69) is 36.4 Å². The van der Waals surface area contributed by atoms with Gasteiger partial charge in [0.25, 0.3) is 5.69 Å². The molecule has 7 nitrogen and oxygen atoms in total. The van der Waals surface area contributed by atoms with Crippen molar-refractivity contribution >= 4 is 11.6 Å². The number of guanidine groups is 1. The summed E-state index contributed by atoms with van der Waals surface area (Å²) in [6.45, 7) is 8.47. The summed E-state index contributed by atoms with van der Waals surface area (Å²) in [5.41, 5.74) is 1.03. The largest absolute Gasteiger partial charge is 0.376 e. The Kier molecular flexibility index (Phi) is 7.18. The Morgan fingerprint density at radius 1 is 1.36 bits per heavy atom. The molecule has 7 heteroatoms. The van der Waals surface area contributed by atoms with Crippen molar-refractivity contribution in [1.29, 1.82) is 0 Å². The highest BCUT2D eigenvalue weighted by molar-refractivity contribution is 5.80. The Hall–Kier alpha value is -2.15. The van der Waals surface area contributed by atoms with E-state index in [9.17, 15) is 10.1 Å². The number of hydrogen-bond acceptors (Lipinski definition) is 4. The predicted octanol–water partition coefficient (Wildman–Crippen LogP) is 2.85. The molecule has 1 heterocycles. The normalized spacial score (nSPS) is 19.0. The van der Waals surface area contributed by atoms with Gasteiger partial charge in [0.05, 0.1) is 17.6 Å². The molecule has 0 aromatic heterocycles. The van der Waals surface area contributed by atoms with Gasteiger partial charge in [0.15, 0.2) is 5.96 Å². The van der Waals surface area contributed by atoms with Gasteiger partial charge in [-0.25, -0.2) is 4.99 Å². The Balaban J connectivity index is 1.98. The fourth-order valence-corrected chi connectivity index (χ4v) is 2.44. The van der Waals surface area contributed by atoms with E-state index >= 15 is 0 Å². The SMILES string of the molecule is CC(C)C(C)NC(=NCc1ccc([N+](=O)[O-])cc1)NCC1CCCO1. The molecule has 1 aliphatic rings. The molecule has 1 aromatic rings. The summed E-state index contributed by atoms with van der Waals surface area (Å²) in [6.07, 6.45) is 2.42. The van der Waals surface area contributed by atoms with Gasteiger partial charge in [-0.1, -0.05) is 26.0 Å². The van der Waals surface area contributed by atoms with E-state index in [-0.39, 0.29) is 17.8 Å². The predicted molar refractivity (Wildman–Crippen MR) is 98.6 cm³/mol. The fraction of sp³-hybridized carbons (Fsp3) is 0.611. The Labute approximate surface area is 149 Å². The number of rotatable bonds is 7. The average molecular weight is 348 g/mol. The zero-order valence-electron chi connectivity index (χ0n) is 15.2. The number of nitro groups is 1. The van der Waals surface area contributed by atoms with Crippen LogP contribution in [0.3, 0.4) is 0 Å². The lowest BCUT2D eigenvalue weighted by Crippen LogP contribution is -2.46. The van der Waals surface area contributed by atoms with E-state index in [1.165, 1.54) is 12.1 Å². The minimum absolute atomic E-state index is 0.0935. The number of nitrogens with one attached hydrogen (secondary N) is 2. The third kappa shape index (κ3) is 6.34. The van der Waals surface area contributed by atoms with E-state index in [4.69, 9.17) is 4.74 Å². The quantitative estimate of drug-likeness (QED) is 0.342. The van der Waals surface area contributed by atoms with Gasteiger partial charge in [0, 0.05) is 31.3 Å². The molecule has 0 aliphatic carbocycles. The summed E-state index contributed by atoms with van der Waals surface area (Å²) >= 11 is 0. The van der Waals surface area contributed by atoms with Crippen molar-refractivity contribution in [3.63, 3.8) is 0 Å². The number of ether oxygens (including phenoxy) is 1. The van der Waals surface area contributed by atoms with Crippen molar-refractivity contribution < 1.29 is 9.66 Å². The molecule has 0 amide bonds. The molecule has 0 bridgehead atoms. The first kappa shape index (κ1) is 19.2. The van der Waals surface area contributed by atoms with Crippen LogP contribution in [0.5, 0.6) is 0 Å². The van der Waals surface area contributed by atoms with Crippen LogP contribution in [0.15, 0.2) is 29.3 Å². The van der Waals surface area contributed by atoms with Crippen molar-refractivity contribution in [2.45, 2.75) is 52.3 Å². The molecule has 1 aliphatic heterocycles. The second kappa shape index (κ2) is 9.36. The number of nitrogens with zero attached hydrogens (tertiary/aromatic N) is 2. The fourth-order valence-electron chi connectivity index (χ4n) is 2.44. The van der Waals surface area contributed by atoms with Crippen LogP contribution in [-0.4, -0.2) is 36.2 Å². The molecule has 0 saturated carbocycles. The number of aliphatic imine (C=N–C) groups is 1. The molecule has 0 radical (unpaired) electrons. The highest BCUT2D eigenvalue weighted by Gasteiger charge is 2.16. The second-order valence-corrected chi connectivity index (χ2v) is 6.78. The molecule has 2 rings (SSSR count). The summed E-state index contributed by atoms with van der Waals surface area (Å²) in [6, 6.07) is 6.78. The lowest BCUT2D eigenvalue weighted by Gasteiger charge is -2.22. The number of non-ortho nitro benzene ring substituents is 1. The second-order valence-electron chi connectivity index (χ2n) is 6.78. The van der Waals surface area contributed by atoms with Crippen molar-refractivity contribution in [2.75, 3.05) is 13.2 Å². The van der Waals surface area contributed by atoms with Gasteiger partial charge in [-0.3, -0.25) is 10.1 Å². The number of benzene rings is 1. The van der Waals surface area contributed by atoms with Gasteiger partial charge in [0.2, 0.25) is 0 Å². The standard InChI is InChI=1S/C18H28N4O3/c1-13(2)14(3)21-18(20-12-17-5-4-10-25-17)19-11-15-6-8-16(9-7-15)22(23)24/h6-9,13-14,17H,4-5,10-12H2,1-3H3,(H2,19,20,21). The lowest BCUT2D eigenvalue weighted by molar-refractivity contribution is -0.384. The molecule has 2 unspecified atom stereocenters. The van der Waals surface area contributed by atoms with Crippen LogP contribution in [0, 0.1) is 16.0 Å². The monoisotopic (exact) mass is 348 g/mol. The van der Waals surface area contributed by atoms with E-state index in [0.29, 0.717) is 12.5 Å². The van der Waals surface area contributed by atoms with Crippen LogP contribution in [0.2, 0.25) is 0 Å². The van der Waals surface area contributed by atoms with Gasteiger partial charge in [-0.2, -0.15) is 0 Å². The summed E-state index contributed by atoms with van der Waals surface area (Å²) in [5.74, 6) is 1.23. The third-order valence-electron chi connectivity index (χ3n) is 4.45. The first-order valence-electron chi connectivity index (χ1n) is 8.85. The van der Waals surface area contributed by atoms with Crippen LogP contribution >= 0.6 is 0 Å². The van der Waals surface area contributed by atoms with Crippen molar-refractivity contribution in [2.24, 2.45) is 10.9 Å². The molecule has 25 heavy (non-hydrogen) atoms. The van der Waals surface area contributed by atoms with Crippen molar-refractivity contribution in [3.8, 4) is 0 Å². The van der Waals surface area contributed by atoms with Gasteiger partial charge in [-0.05, 0) is 31.2 Å². The van der Waals surface area contributed by atoms with E-state index in [1.54, 1.807) is 12.1 Å². The third-order valence-corrected chi connectivity index (χ3v) is 4.45. The summed E-state index contributed by atoms with van der Waals surface area (Å²) in [7, 11) is 0. The minimum Gasteiger partial charge on any atom is -0.376 e. The first-order chi connectivity index (χ1) is 12.0. The number of nitro benzene ring substituents is 1. The summed E-state index contributed by atoms with van der Waals surface area (Å²) in [5, 5.41) is 17.5. The maximum atomic E-state index is 10.7. The maximum absolute atomic E-state index is 10.7. The molecule has 138 valence electrons. The van der Waals surface area contributed by atoms with Crippen LogP contribution in [0.25, 0.3) is 0 Å². The molecule has 0 spiro atoms. The molecular formula is C18H28N4O3. The molecule has 2 N–H and O–H groups in total. The zero-order valence-corrected chi connectivity index (χ0v) is 15.2. The maximum Gasteiger partial charge on any atom is 0.269 e.